The van der Waals surface area contributed by atoms with Gasteiger partial charge in [-0.1, -0.05) is 245 Å². The summed E-state index contributed by atoms with van der Waals surface area (Å²) >= 11 is 0. The van der Waals surface area contributed by atoms with E-state index in [1.54, 1.807) is 0 Å². The molecule has 0 aliphatic carbocycles. The molecule has 0 rings (SSSR count). The molecule has 0 radical (unpaired) electrons. The highest BCUT2D eigenvalue weighted by molar-refractivity contribution is 5.71. The molecular formula is C54H102O6. The number of carbonyl (C=O) groups excluding carboxylic acids is 3. The number of ether oxygens (including phenoxy) is 3. The van der Waals surface area contributed by atoms with Crippen molar-refractivity contribution in [1.29, 1.82) is 0 Å². The first-order chi connectivity index (χ1) is 29.5. The molecule has 0 saturated carbocycles. The van der Waals surface area contributed by atoms with Crippen LogP contribution in [0, 0.1) is 0 Å². The fraction of sp³-hybridized carbons (Fsp3) is 0.907. The van der Waals surface area contributed by atoms with Crippen molar-refractivity contribution < 1.29 is 28.6 Å². The molecule has 0 aromatic carbocycles. The maximum atomic E-state index is 12.8. The van der Waals surface area contributed by atoms with Crippen LogP contribution in [-0.2, 0) is 28.6 Å². The quantitative estimate of drug-likeness (QED) is 0.0263. The summed E-state index contributed by atoms with van der Waals surface area (Å²) in [7, 11) is 0. The summed E-state index contributed by atoms with van der Waals surface area (Å²) in [4.78, 5) is 37.9. The minimum absolute atomic E-state index is 0.0677. The van der Waals surface area contributed by atoms with E-state index in [0.29, 0.717) is 19.3 Å². The van der Waals surface area contributed by atoms with E-state index < -0.39 is 6.10 Å². The van der Waals surface area contributed by atoms with E-state index in [-0.39, 0.29) is 31.1 Å². The van der Waals surface area contributed by atoms with Crippen LogP contribution in [0.3, 0.4) is 0 Å². The second kappa shape index (κ2) is 49.8. The summed E-state index contributed by atoms with van der Waals surface area (Å²) in [5, 5.41) is 0. The van der Waals surface area contributed by atoms with Gasteiger partial charge in [-0.15, -0.1) is 0 Å². The molecular weight excluding hydrogens is 745 g/mol. The van der Waals surface area contributed by atoms with Crippen LogP contribution in [0.1, 0.15) is 297 Å². The molecule has 0 amide bonds. The summed E-state index contributed by atoms with van der Waals surface area (Å²) in [5.74, 6) is -0.861. The molecule has 0 heterocycles. The third-order valence-electron chi connectivity index (χ3n) is 12.0. The largest absolute Gasteiger partial charge is 0.462 e. The summed E-state index contributed by atoms with van der Waals surface area (Å²) < 4.78 is 16.8. The van der Waals surface area contributed by atoms with E-state index >= 15 is 0 Å². The van der Waals surface area contributed by atoms with Crippen LogP contribution in [0.25, 0.3) is 0 Å². The Bertz CT molecular complexity index is 931. The third-order valence-corrected chi connectivity index (χ3v) is 12.0. The average Bonchev–Trinajstić information content (AvgIpc) is 3.24. The first-order valence-corrected chi connectivity index (χ1v) is 26.7. The molecule has 6 heteroatoms. The van der Waals surface area contributed by atoms with Crippen molar-refractivity contribution in [2.45, 2.75) is 303 Å². The maximum Gasteiger partial charge on any atom is 0.306 e. The van der Waals surface area contributed by atoms with E-state index in [9.17, 15) is 14.4 Å². The van der Waals surface area contributed by atoms with Gasteiger partial charge in [-0.05, 0) is 44.9 Å². The van der Waals surface area contributed by atoms with Gasteiger partial charge in [0.25, 0.3) is 0 Å². The Morgan fingerprint density at radius 2 is 0.550 bits per heavy atom. The van der Waals surface area contributed by atoms with Crippen LogP contribution in [0.5, 0.6) is 0 Å². The van der Waals surface area contributed by atoms with Gasteiger partial charge in [-0.2, -0.15) is 0 Å². The molecule has 0 N–H and O–H groups in total. The average molecular weight is 847 g/mol. The van der Waals surface area contributed by atoms with Crippen LogP contribution in [0.4, 0.5) is 0 Å². The minimum atomic E-state index is -0.766. The number of unbranched alkanes of at least 4 members (excludes halogenated alkanes) is 36. The van der Waals surface area contributed by atoms with Gasteiger partial charge in [0.1, 0.15) is 13.2 Å². The zero-order valence-corrected chi connectivity index (χ0v) is 40.5. The molecule has 6 nitrogen and oxygen atoms in total. The van der Waals surface area contributed by atoms with Crippen molar-refractivity contribution in [2.24, 2.45) is 0 Å². The normalized spacial score (nSPS) is 12.0. The number of carbonyl (C=O) groups is 3. The standard InChI is InChI=1S/C54H102O6/c1-4-7-10-13-16-19-21-23-25-26-27-29-30-32-35-38-41-44-47-53(56)59-50-51(49-58-52(55)46-43-40-37-34-18-15-12-9-6-3)60-54(57)48-45-42-39-36-33-31-28-24-22-20-17-14-11-8-5-2/h27,29,51H,4-26,28,30-50H2,1-3H3/b29-27-. The van der Waals surface area contributed by atoms with Gasteiger partial charge in [-0.3, -0.25) is 14.4 Å². The van der Waals surface area contributed by atoms with Crippen LogP contribution >= 0.6 is 0 Å². The Hall–Kier alpha value is -1.85. The third kappa shape index (κ3) is 47.2. The summed E-state index contributed by atoms with van der Waals surface area (Å²) in [6.07, 6.45) is 54.9. The van der Waals surface area contributed by atoms with E-state index in [1.165, 1.54) is 193 Å². The summed E-state index contributed by atoms with van der Waals surface area (Å²) in [6, 6.07) is 0. The Kier molecular flexibility index (Phi) is 48.3. The Labute approximate surface area is 373 Å². The van der Waals surface area contributed by atoms with Gasteiger partial charge in [0.15, 0.2) is 6.10 Å². The van der Waals surface area contributed by atoms with E-state index in [2.05, 4.69) is 32.9 Å². The maximum absolute atomic E-state index is 12.8. The highest BCUT2D eigenvalue weighted by Crippen LogP contribution is 2.16. The van der Waals surface area contributed by atoms with Crippen LogP contribution in [0.15, 0.2) is 12.2 Å². The lowest BCUT2D eigenvalue weighted by molar-refractivity contribution is -0.167. The first kappa shape index (κ1) is 58.1. The van der Waals surface area contributed by atoms with Crippen molar-refractivity contribution in [3.8, 4) is 0 Å². The van der Waals surface area contributed by atoms with Crippen molar-refractivity contribution in [2.75, 3.05) is 13.2 Å². The molecule has 0 fully saturated rings. The fourth-order valence-electron chi connectivity index (χ4n) is 7.97. The molecule has 0 spiro atoms. The topological polar surface area (TPSA) is 78.9 Å². The zero-order chi connectivity index (χ0) is 43.7. The summed E-state index contributed by atoms with van der Waals surface area (Å²) in [5.41, 5.74) is 0. The Balaban J connectivity index is 4.27. The van der Waals surface area contributed by atoms with Crippen molar-refractivity contribution in [1.82, 2.24) is 0 Å². The van der Waals surface area contributed by atoms with Gasteiger partial charge in [-0.25, -0.2) is 0 Å². The predicted molar refractivity (Wildman–Crippen MR) is 256 cm³/mol. The number of hydrogen-bond acceptors (Lipinski definition) is 6. The minimum Gasteiger partial charge on any atom is -0.462 e. The van der Waals surface area contributed by atoms with Gasteiger partial charge < -0.3 is 14.2 Å². The van der Waals surface area contributed by atoms with Crippen LogP contribution in [-0.4, -0.2) is 37.2 Å². The lowest BCUT2D eigenvalue weighted by Gasteiger charge is -2.18. The van der Waals surface area contributed by atoms with Crippen molar-refractivity contribution >= 4 is 17.9 Å². The number of rotatable bonds is 49. The van der Waals surface area contributed by atoms with Crippen LogP contribution < -0.4 is 0 Å². The molecule has 1 unspecified atom stereocenters. The first-order valence-electron chi connectivity index (χ1n) is 26.7. The lowest BCUT2D eigenvalue weighted by Crippen LogP contribution is -2.30. The van der Waals surface area contributed by atoms with E-state index in [4.69, 9.17) is 14.2 Å². The molecule has 0 aromatic heterocycles. The summed E-state index contributed by atoms with van der Waals surface area (Å²) in [6.45, 7) is 6.65. The smallest absolute Gasteiger partial charge is 0.306 e. The SMILES string of the molecule is CCCCCCCCCCC/C=C\CCCCCCCC(=O)OCC(COC(=O)CCCCCCCCCCC)OC(=O)CCCCCCCCCCCCCCCCC. The van der Waals surface area contributed by atoms with E-state index in [0.717, 1.165) is 64.2 Å². The highest BCUT2D eigenvalue weighted by Gasteiger charge is 2.19. The van der Waals surface area contributed by atoms with Gasteiger partial charge in [0.05, 0.1) is 0 Å². The molecule has 60 heavy (non-hydrogen) atoms. The highest BCUT2D eigenvalue weighted by atomic mass is 16.6. The van der Waals surface area contributed by atoms with Gasteiger partial charge in [0.2, 0.25) is 0 Å². The number of hydrogen-bond donors (Lipinski definition) is 0. The Morgan fingerprint density at radius 1 is 0.317 bits per heavy atom. The molecule has 1 atom stereocenters. The molecule has 0 saturated heterocycles. The van der Waals surface area contributed by atoms with Crippen LogP contribution in [0.2, 0.25) is 0 Å². The van der Waals surface area contributed by atoms with Gasteiger partial charge >= 0.3 is 17.9 Å². The number of esters is 3. The van der Waals surface area contributed by atoms with E-state index in [1.807, 2.05) is 0 Å². The second-order valence-corrected chi connectivity index (χ2v) is 18.2. The molecule has 354 valence electrons. The molecule has 0 aromatic rings. The molecule has 0 aliphatic heterocycles. The second-order valence-electron chi connectivity index (χ2n) is 18.2. The predicted octanol–water partition coefficient (Wildman–Crippen LogP) is 17.4. The van der Waals surface area contributed by atoms with Crippen molar-refractivity contribution in [3.05, 3.63) is 12.2 Å². The fourth-order valence-corrected chi connectivity index (χ4v) is 7.97. The monoisotopic (exact) mass is 847 g/mol. The number of allylic oxidation sites excluding steroid dienone is 2. The van der Waals surface area contributed by atoms with Gasteiger partial charge in [0, 0.05) is 19.3 Å². The van der Waals surface area contributed by atoms with Crippen molar-refractivity contribution in [3.63, 3.8) is 0 Å². The molecule has 0 bridgehead atoms. The molecule has 0 aliphatic rings. The lowest BCUT2D eigenvalue weighted by atomic mass is 10.0. The zero-order valence-electron chi connectivity index (χ0n) is 40.5. The Morgan fingerprint density at radius 3 is 0.833 bits per heavy atom.